The maximum Gasteiger partial charge on any atom is 0.320 e. The Bertz CT molecular complexity index is 463. The summed E-state index contributed by atoms with van der Waals surface area (Å²) < 4.78 is 9.82. The van der Waals surface area contributed by atoms with Gasteiger partial charge in [0, 0.05) is 0 Å². The highest BCUT2D eigenvalue weighted by atomic mass is 16.6. The van der Waals surface area contributed by atoms with Gasteiger partial charge in [0.25, 0.3) is 0 Å². The third-order valence-electron chi connectivity index (χ3n) is 2.84. The molecule has 0 bridgehead atoms. The average molecular weight is 280 g/mol. The number of aromatic hydroxyl groups is 1. The molecule has 0 heterocycles. The molecule has 1 aromatic carbocycles. The number of aryl methyl sites for hydroxylation is 1. The summed E-state index contributed by atoms with van der Waals surface area (Å²) >= 11 is 0. The predicted octanol–water partition coefficient (Wildman–Crippen LogP) is 1.99. The SMILES string of the molecule is CCOC(=O)C(Cc1ccc(O)c(C)c1)C(=O)OCC. The predicted molar refractivity (Wildman–Crippen MR) is 73.3 cm³/mol. The van der Waals surface area contributed by atoms with Crippen LogP contribution < -0.4 is 0 Å². The number of esters is 2. The molecular weight excluding hydrogens is 260 g/mol. The van der Waals surface area contributed by atoms with Gasteiger partial charge in [-0.3, -0.25) is 9.59 Å². The number of phenolic OH excluding ortho intramolecular Hbond substituents is 1. The van der Waals surface area contributed by atoms with Crippen LogP contribution in [0.3, 0.4) is 0 Å². The van der Waals surface area contributed by atoms with Gasteiger partial charge in [0.15, 0.2) is 5.92 Å². The smallest absolute Gasteiger partial charge is 0.320 e. The minimum atomic E-state index is -0.973. The van der Waals surface area contributed by atoms with Crippen LogP contribution in [0.4, 0.5) is 0 Å². The Balaban J connectivity index is 2.90. The van der Waals surface area contributed by atoms with Gasteiger partial charge in [0.1, 0.15) is 5.75 Å². The highest BCUT2D eigenvalue weighted by Gasteiger charge is 2.29. The highest BCUT2D eigenvalue weighted by Crippen LogP contribution is 2.20. The van der Waals surface area contributed by atoms with Crippen LogP contribution in [0.1, 0.15) is 25.0 Å². The van der Waals surface area contributed by atoms with Crippen molar-refractivity contribution < 1.29 is 24.2 Å². The van der Waals surface area contributed by atoms with Crippen LogP contribution in [-0.4, -0.2) is 30.3 Å². The third kappa shape index (κ3) is 4.26. The molecule has 5 nitrogen and oxygen atoms in total. The number of carbonyl (C=O) groups excluding carboxylic acids is 2. The molecule has 0 aliphatic heterocycles. The van der Waals surface area contributed by atoms with Gasteiger partial charge in [0.05, 0.1) is 13.2 Å². The first-order chi connectivity index (χ1) is 9.49. The molecule has 5 heteroatoms. The van der Waals surface area contributed by atoms with Gasteiger partial charge >= 0.3 is 11.9 Å². The lowest BCUT2D eigenvalue weighted by Crippen LogP contribution is -2.30. The molecule has 0 amide bonds. The molecule has 1 N–H and O–H groups in total. The van der Waals surface area contributed by atoms with E-state index < -0.39 is 17.9 Å². The zero-order chi connectivity index (χ0) is 15.1. The van der Waals surface area contributed by atoms with Gasteiger partial charge in [-0.2, -0.15) is 0 Å². The molecule has 20 heavy (non-hydrogen) atoms. The van der Waals surface area contributed by atoms with Gasteiger partial charge in [0.2, 0.25) is 0 Å². The Hall–Kier alpha value is -2.04. The molecule has 0 saturated heterocycles. The van der Waals surface area contributed by atoms with Crippen molar-refractivity contribution >= 4 is 11.9 Å². The molecule has 0 saturated carbocycles. The van der Waals surface area contributed by atoms with Crippen molar-refractivity contribution in [1.29, 1.82) is 0 Å². The lowest BCUT2D eigenvalue weighted by atomic mass is 9.98. The summed E-state index contributed by atoms with van der Waals surface area (Å²) in [5.41, 5.74) is 1.46. The van der Waals surface area contributed by atoms with Gasteiger partial charge in [-0.1, -0.05) is 12.1 Å². The minimum absolute atomic E-state index is 0.178. The molecule has 0 radical (unpaired) electrons. The number of phenols is 1. The topological polar surface area (TPSA) is 72.8 Å². The number of hydrogen-bond acceptors (Lipinski definition) is 5. The van der Waals surface area contributed by atoms with Crippen molar-refractivity contribution in [3.8, 4) is 5.75 Å². The molecule has 0 aliphatic carbocycles. The number of ether oxygens (including phenoxy) is 2. The number of carbonyl (C=O) groups is 2. The molecule has 0 aromatic heterocycles. The maximum absolute atomic E-state index is 11.8. The van der Waals surface area contributed by atoms with Gasteiger partial charge in [-0.25, -0.2) is 0 Å². The normalized spacial score (nSPS) is 10.4. The molecule has 0 fully saturated rings. The van der Waals surface area contributed by atoms with E-state index in [-0.39, 0.29) is 25.4 Å². The summed E-state index contributed by atoms with van der Waals surface area (Å²) in [4.78, 5) is 23.7. The van der Waals surface area contributed by atoms with Gasteiger partial charge < -0.3 is 14.6 Å². The van der Waals surface area contributed by atoms with Crippen molar-refractivity contribution in [1.82, 2.24) is 0 Å². The zero-order valence-electron chi connectivity index (χ0n) is 12.0. The first-order valence-corrected chi connectivity index (χ1v) is 6.61. The summed E-state index contributed by atoms with van der Waals surface area (Å²) in [6, 6.07) is 4.95. The minimum Gasteiger partial charge on any atom is -0.508 e. The Kier molecular flexibility index (Phi) is 6.03. The Morgan fingerprint density at radius 2 is 1.70 bits per heavy atom. The van der Waals surface area contributed by atoms with E-state index in [0.717, 1.165) is 5.56 Å². The second-order valence-electron chi connectivity index (χ2n) is 4.38. The molecule has 0 aliphatic rings. The summed E-state index contributed by atoms with van der Waals surface area (Å²) in [5.74, 6) is -1.97. The van der Waals surface area contributed by atoms with Crippen LogP contribution in [0.5, 0.6) is 5.75 Å². The van der Waals surface area contributed by atoms with Crippen LogP contribution in [-0.2, 0) is 25.5 Å². The average Bonchev–Trinajstić information content (AvgIpc) is 2.40. The van der Waals surface area contributed by atoms with Crippen molar-refractivity contribution in [2.24, 2.45) is 5.92 Å². The Morgan fingerprint density at radius 3 is 2.15 bits per heavy atom. The second-order valence-corrected chi connectivity index (χ2v) is 4.38. The fourth-order valence-corrected chi connectivity index (χ4v) is 1.83. The maximum atomic E-state index is 11.8. The van der Waals surface area contributed by atoms with Crippen molar-refractivity contribution in [3.05, 3.63) is 29.3 Å². The Morgan fingerprint density at radius 1 is 1.15 bits per heavy atom. The van der Waals surface area contributed by atoms with Crippen LogP contribution in [0.2, 0.25) is 0 Å². The first-order valence-electron chi connectivity index (χ1n) is 6.61. The van der Waals surface area contributed by atoms with Gasteiger partial charge in [-0.15, -0.1) is 0 Å². The standard InChI is InChI=1S/C15H20O5/c1-4-19-14(17)12(15(18)20-5-2)9-11-6-7-13(16)10(3)8-11/h6-8,12,16H,4-5,9H2,1-3H3. The van der Waals surface area contributed by atoms with E-state index in [2.05, 4.69) is 0 Å². The molecule has 110 valence electrons. The number of benzene rings is 1. The fraction of sp³-hybridized carbons (Fsp3) is 0.467. The van der Waals surface area contributed by atoms with Crippen LogP contribution in [0.25, 0.3) is 0 Å². The molecular formula is C15H20O5. The molecule has 0 unspecified atom stereocenters. The van der Waals surface area contributed by atoms with Crippen LogP contribution >= 0.6 is 0 Å². The van der Waals surface area contributed by atoms with E-state index in [4.69, 9.17) is 9.47 Å². The van der Waals surface area contributed by atoms with Crippen LogP contribution in [0.15, 0.2) is 18.2 Å². The largest absolute Gasteiger partial charge is 0.508 e. The number of rotatable bonds is 6. The van der Waals surface area contributed by atoms with E-state index in [9.17, 15) is 14.7 Å². The zero-order valence-corrected chi connectivity index (χ0v) is 12.0. The monoisotopic (exact) mass is 280 g/mol. The van der Waals surface area contributed by atoms with Crippen molar-refractivity contribution in [2.45, 2.75) is 27.2 Å². The van der Waals surface area contributed by atoms with Crippen molar-refractivity contribution in [2.75, 3.05) is 13.2 Å². The summed E-state index contributed by atoms with van der Waals surface area (Å²) in [6.07, 6.45) is 0.193. The molecule has 0 spiro atoms. The van der Waals surface area contributed by atoms with E-state index >= 15 is 0 Å². The lowest BCUT2D eigenvalue weighted by Gasteiger charge is -2.14. The lowest BCUT2D eigenvalue weighted by molar-refractivity contribution is -0.161. The highest BCUT2D eigenvalue weighted by molar-refractivity contribution is 5.95. The van der Waals surface area contributed by atoms with E-state index in [1.807, 2.05) is 0 Å². The van der Waals surface area contributed by atoms with Gasteiger partial charge in [-0.05, 0) is 44.4 Å². The number of hydrogen-bond donors (Lipinski definition) is 1. The first kappa shape index (κ1) is 16.0. The van der Waals surface area contributed by atoms with Crippen LogP contribution in [0, 0.1) is 12.8 Å². The molecule has 1 aromatic rings. The summed E-state index contributed by atoms with van der Waals surface area (Å²) in [7, 11) is 0. The molecule has 1 rings (SSSR count). The molecule has 0 atom stereocenters. The summed E-state index contributed by atoms with van der Waals surface area (Å²) in [6.45, 7) is 5.55. The van der Waals surface area contributed by atoms with E-state index in [1.165, 1.54) is 6.07 Å². The van der Waals surface area contributed by atoms with E-state index in [0.29, 0.717) is 5.56 Å². The summed E-state index contributed by atoms with van der Waals surface area (Å²) in [5, 5.41) is 9.48. The fourth-order valence-electron chi connectivity index (χ4n) is 1.83. The quantitative estimate of drug-likeness (QED) is 0.637. The van der Waals surface area contributed by atoms with E-state index in [1.54, 1.807) is 32.9 Å². The Labute approximate surface area is 118 Å². The third-order valence-corrected chi connectivity index (χ3v) is 2.84. The van der Waals surface area contributed by atoms with Crippen molar-refractivity contribution in [3.63, 3.8) is 0 Å². The second kappa shape index (κ2) is 7.53.